The molecule has 0 aromatic heterocycles. The van der Waals surface area contributed by atoms with Gasteiger partial charge in [-0.2, -0.15) is 0 Å². The Balaban J connectivity index is 1.73. The van der Waals surface area contributed by atoms with Gasteiger partial charge in [0.05, 0.1) is 5.56 Å². The van der Waals surface area contributed by atoms with Crippen LogP contribution in [0.2, 0.25) is 0 Å². The number of anilines is 1. The van der Waals surface area contributed by atoms with Gasteiger partial charge in [-0.25, -0.2) is 17.6 Å². The van der Waals surface area contributed by atoms with Gasteiger partial charge in [-0.3, -0.25) is 4.79 Å². The lowest BCUT2D eigenvalue weighted by molar-refractivity contribution is 0.102. The van der Waals surface area contributed by atoms with Gasteiger partial charge in [0.15, 0.2) is 23.3 Å². The number of halogens is 5. The summed E-state index contributed by atoms with van der Waals surface area (Å²) in [4.78, 5) is 12.0. The number of carbonyl (C=O) groups excluding carboxylic acids is 1. The van der Waals surface area contributed by atoms with Gasteiger partial charge in [-0.1, -0.05) is 40.2 Å². The van der Waals surface area contributed by atoms with E-state index < -0.39 is 34.7 Å². The zero-order valence-corrected chi connectivity index (χ0v) is 15.3. The molecule has 3 rings (SSSR count). The summed E-state index contributed by atoms with van der Waals surface area (Å²) in [5, 5.41) is 2.33. The fourth-order valence-corrected chi connectivity index (χ4v) is 2.74. The van der Waals surface area contributed by atoms with E-state index in [0.717, 1.165) is 15.6 Å². The predicted octanol–water partition coefficient (Wildman–Crippen LogP) is 5.85. The van der Waals surface area contributed by atoms with Gasteiger partial charge < -0.3 is 5.32 Å². The highest BCUT2D eigenvalue weighted by molar-refractivity contribution is 9.10. The lowest BCUT2D eigenvalue weighted by Gasteiger charge is -2.09. The Morgan fingerprint density at radius 2 is 1.37 bits per heavy atom. The topological polar surface area (TPSA) is 29.1 Å². The first kappa shape index (κ1) is 19.1. The van der Waals surface area contributed by atoms with Crippen LogP contribution >= 0.6 is 15.9 Å². The number of nitrogens with one attached hydrogen (secondary N) is 1. The molecular formula is C20H12BrF4NO. The fraction of sp³-hybridized carbons (Fsp3) is 0.0500. The Kier molecular flexibility index (Phi) is 5.60. The normalized spacial score (nSPS) is 10.7. The summed E-state index contributed by atoms with van der Waals surface area (Å²) in [6, 6.07) is 14.8. The molecule has 7 heteroatoms. The maximum atomic E-state index is 13.7. The third-order valence-electron chi connectivity index (χ3n) is 3.88. The number of carbonyl (C=O) groups is 1. The Morgan fingerprint density at radius 1 is 0.815 bits per heavy atom. The number of rotatable bonds is 4. The number of amides is 1. The van der Waals surface area contributed by atoms with E-state index in [4.69, 9.17) is 0 Å². The van der Waals surface area contributed by atoms with Crippen LogP contribution in [0.1, 0.15) is 21.5 Å². The summed E-state index contributed by atoms with van der Waals surface area (Å²) >= 11 is 3.37. The second-order valence-electron chi connectivity index (χ2n) is 5.80. The van der Waals surface area contributed by atoms with Gasteiger partial charge in [0.25, 0.3) is 5.91 Å². The smallest absolute Gasteiger partial charge is 0.258 e. The van der Waals surface area contributed by atoms with E-state index in [1.54, 1.807) is 24.3 Å². The molecule has 138 valence electrons. The highest BCUT2D eigenvalue weighted by Crippen LogP contribution is 2.21. The predicted molar refractivity (Wildman–Crippen MR) is 97.6 cm³/mol. The first-order valence-corrected chi connectivity index (χ1v) is 8.62. The average molecular weight is 438 g/mol. The fourth-order valence-electron chi connectivity index (χ4n) is 2.48. The zero-order chi connectivity index (χ0) is 19.6. The van der Waals surface area contributed by atoms with Gasteiger partial charge >= 0.3 is 0 Å². The first-order chi connectivity index (χ1) is 12.8. The van der Waals surface area contributed by atoms with E-state index in [0.29, 0.717) is 18.2 Å². The highest BCUT2D eigenvalue weighted by atomic mass is 79.9. The second-order valence-corrected chi connectivity index (χ2v) is 6.72. The molecule has 0 atom stereocenters. The Hall–Kier alpha value is -2.67. The van der Waals surface area contributed by atoms with Crippen molar-refractivity contribution in [1.29, 1.82) is 0 Å². The van der Waals surface area contributed by atoms with E-state index in [9.17, 15) is 22.4 Å². The Bertz CT molecular complexity index is 988. The van der Waals surface area contributed by atoms with E-state index in [1.807, 2.05) is 24.3 Å². The Morgan fingerprint density at radius 3 is 1.96 bits per heavy atom. The van der Waals surface area contributed by atoms with Crippen molar-refractivity contribution >= 4 is 27.5 Å². The highest BCUT2D eigenvalue weighted by Gasteiger charge is 2.23. The van der Waals surface area contributed by atoms with Crippen LogP contribution in [-0.4, -0.2) is 5.91 Å². The van der Waals surface area contributed by atoms with Crippen molar-refractivity contribution in [3.05, 3.63) is 99.0 Å². The summed E-state index contributed by atoms with van der Waals surface area (Å²) in [5.41, 5.74) is 1.46. The molecule has 27 heavy (non-hydrogen) atoms. The molecular weight excluding hydrogens is 426 g/mol. The monoisotopic (exact) mass is 437 g/mol. The third kappa shape index (κ3) is 4.36. The van der Waals surface area contributed by atoms with Crippen LogP contribution in [0.25, 0.3) is 0 Å². The molecule has 2 nitrogen and oxygen atoms in total. The number of benzene rings is 3. The van der Waals surface area contributed by atoms with Crippen molar-refractivity contribution in [2.45, 2.75) is 6.42 Å². The summed E-state index contributed by atoms with van der Waals surface area (Å²) in [5.74, 6) is -8.43. The van der Waals surface area contributed by atoms with Crippen molar-refractivity contribution in [3.8, 4) is 0 Å². The minimum atomic E-state index is -2.02. The van der Waals surface area contributed by atoms with Crippen LogP contribution in [0.5, 0.6) is 0 Å². The molecule has 0 radical (unpaired) electrons. The molecule has 1 amide bonds. The van der Waals surface area contributed by atoms with Crippen molar-refractivity contribution in [2.24, 2.45) is 0 Å². The van der Waals surface area contributed by atoms with Crippen molar-refractivity contribution in [1.82, 2.24) is 0 Å². The molecule has 0 fully saturated rings. The SMILES string of the molecule is O=C(Nc1ccc(Cc2ccc(Br)cc2)cc1)c1cc(F)c(F)c(F)c1F. The van der Waals surface area contributed by atoms with Crippen molar-refractivity contribution in [3.63, 3.8) is 0 Å². The lowest BCUT2D eigenvalue weighted by Crippen LogP contribution is -2.16. The van der Waals surface area contributed by atoms with Gasteiger partial charge in [0, 0.05) is 10.2 Å². The average Bonchev–Trinajstić information content (AvgIpc) is 2.66. The van der Waals surface area contributed by atoms with Crippen LogP contribution in [0.3, 0.4) is 0 Å². The molecule has 1 N–H and O–H groups in total. The minimum Gasteiger partial charge on any atom is -0.322 e. The molecule has 0 unspecified atom stereocenters. The lowest BCUT2D eigenvalue weighted by atomic mass is 10.0. The summed E-state index contributed by atoms with van der Waals surface area (Å²) in [7, 11) is 0. The molecule has 0 bridgehead atoms. The zero-order valence-electron chi connectivity index (χ0n) is 13.7. The number of hydrogen-bond donors (Lipinski definition) is 1. The van der Waals surface area contributed by atoms with Crippen LogP contribution in [0.15, 0.2) is 59.1 Å². The second kappa shape index (κ2) is 7.92. The Labute approximate surface area is 161 Å². The quantitative estimate of drug-likeness (QED) is 0.309. The molecule has 3 aromatic rings. The number of hydrogen-bond acceptors (Lipinski definition) is 1. The molecule has 0 saturated carbocycles. The maximum Gasteiger partial charge on any atom is 0.258 e. The molecule has 0 heterocycles. The van der Waals surface area contributed by atoms with Crippen LogP contribution < -0.4 is 5.32 Å². The van der Waals surface area contributed by atoms with Crippen LogP contribution in [0.4, 0.5) is 23.2 Å². The standard InChI is InChI=1S/C20H12BrF4NO/c21-13-5-1-11(2-6-13)9-12-3-7-14(8-4-12)26-20(27)15-10-16(22)18(24)19(25)17(15)23/h1-8,10H,9H2,(H,26,27). The van der Waals surface area contributed by atoms with Gasteiger partial charge in [0.2, 0.25) is 0 Å². The van der Waals surface area contributed by atoms with Crippen molar-refractivity contribution < 1.29 is 22.4 Å². The van der Waals surface area contributed by atoms with Gasteiger partial charge in [-0.05, 0) is 47.9 Å². The first-order valence-electron chi connectivity index (χ1n) is 7.83. The maximum absolute atomic E-state index is 13.7. The van der Waals surface area contributed by atoms with E-state index in [2.05, 4.69) is 21.2 Å². The summed E-state index contributed by atoms with van der Waals surface area (Å²) in [6.07, 6.45) is 0.671. The molecule has 3 aromatic carbocycles. The van der Waals surface area contributed by atoms with Gasteiger partial charge in [-0.15, -0.1) is 0 Å². The van der Waals surface area contributed by atoms with Crippen molar-refractivity contribution in [2.75, 3.05) is 5.32 Å². The molecule has 0 saturated heterocycles. The molecule has 0 aliphatic rings. The van der Waals surface area contributed by atoms with Crippen LogP contribution in [-0.2, 0) is 6.42 Å². The van der Waals surface area contributed by atoms with Crippen LogP contribution in [0, 0.1) is 23.3 Å². The molecule has 0 spiro atoms. The minimum absolute atomic E-state index is 0.309. The van der Waals surface area contributed by atoms with E-state index in [1.165, 1.54) is 0 Å². The van der Waals surface area contributed by atoms with E-state index >= 15 is 0 Å². The summed E-state index contributed by atoms with van der Waals surface area (Å²) in [6.45, 7) is 0. The molecule has 0 aliphatic heterocycles. The molecule has 0 aliphatic carbocycles. The third-order valence-corrected chi connectivity index (χ3v) is 4.41. The van der Waals surface area contributed by atoms with E-state index in [-0.39, 0.29) is 0 Å². The largest absolute Gasteiger partial charge is 0.322 e. The summed E-state index contributed by atoms with van der Waals surface area (Å²) < 4.78 is 54.1. The van der Waals surface area contributed by atoms with Gasteiger partial charge in [0.1, 0.15) is 0 Å².